The number of para-hydroxylation sites is 1. The molecule has 3 heterocycles. The van der Waals surface area contributed by atoms with E-state index in [1.165, 1.54) is 11.3 Å². The zero-order chi connectivity index (χ0) is 22.8. The molecular weight excluding hydrogens is 458 g/mol. The first-order valence-corrected chi connectivity index (χ1v) is 13.2. The third kappa shape index (κ3) is 4.84. The summed E-state index contributed by atoms with van der Waals surface area (Å²) >= 11 is 1.52. The average Bonchev–Trinajstić information content (AvgIpc) is 3.55. The van der Waals surface area contributed by atoms with Gasteiger partial charge in [0.1, 0.15) is 11.5 Å². The number of nitrogens with zero attached hydrogens (tertiary/aromatic N) is 2. The summed E-state index contributed by atoms with van der Waals surface area (Å²) in [7, 11) is -3.09. The number of benzene rings is 2. The fourth-order valence-corrected chi connectivity index (χ4v) is 6.21. The first kappa shape index (κ1) is 21.4. The number of carbonyl (C=O) groups excluding carboxylic acids is 1. The second-order valence-electron chi connectivity index (χ2n) is 7.79. The molecule has 0 unspecified atom stereocenters. The van der Waals surface area contributed by atoms with Gasteiger partial charge in [-0.2, -0.15) is 5.10 Å². The van der Waals surface area contributed by atoms with Crippen LogP contribution in [0.5, 0.6) is 11.5 Å². The van der Waals surface area contributed by atoms with Crippen LogP contribution in [0.4, 0.5) is 5.69 Å². The van der Waals surface area contributed by atoms with Crippen molar-refractivity contribution in [3.63, 3.8) is 0 Å². The number of rotatable bonds is 6. The second kappa shape index (κ2) is 8.84. The summed E-state index contributed by atoms with van der Waals surface area (Å²) in [6, 6.07) is 21.8. The number of amides is 1. The highest BCUT2D eigenvalue weighted by atomic mass is 32.2. The van der Waals surface area contributed by atoms with Crippen molar-refractivity contribution in [2.45, 2.75) is 12.5 Å². The molecule has 9 heteroatoms. The lowest BCUT2D eigenvalue weighted by Crippen LogP contribution is -2.16. The topological polar surface area (TPSA) is 90.3 Å². The first-order chi connectivity index (χ1) is 16.0. The van der Waals surface area contributed by atoms with Crippen molar-refractivity contribution < 1.29 is 17.9 Å². The van der Waals surface area contributed by atoms with E-state index < -0.39 is 9.84 Å². The van der Waals surface area contributed by atoms with E-state index in [-0.39, 0.29) is 29.1 Å². The van der Waals surface area contributed by atoms with Crippen molar-refractivity contribution in [1.29, 1.82) is 0 Å². The molecule has 0 saturated carbocycles. The van der Waals surface area contributed by atoms with E-state index in [4.69, 9.17) is 4.74 Å². The Labute approximate surface area is 195 Å². The van der Waals surface area contributed by atoms with Gasteiger partial charge in [-0.05, 0) is 60.3 Å². The van der Waals surface area contributed by atoms with Gasteiger partial charge in [0.2, 0.25) is 0 Å². The predicted octanol–water partition coefficient (Wildman–Crippen LogP) is 5.02. The van der Waals surface area contributed by atoms with Gasteiger partial charge in [-0.25, -0.2) is 8.42 Å². The Morgan fingerprint density at radius 1 is 1.03 bits per heavy atom. The minimum absolute atomic E-state index is 0.0387. The molecule has 2 aromatic heterocycles. The Kier molecular flexibility index (Phi) is 5.74. The zero-order valence-corrected chi connectivity index (χ0v) is 19.2. The van der Waals surface area contributed by atoms with Gasteiger partial charge in [0.25, 0.3) is 5.91 Å². The van der Waals surface area contributed by atoms with Crippen molar-refractivity contribution >= 4 is 32.8 Å². The normalized spacial score (nSPS) is 17.0. The molecule has 0 bridgehead atoms. The number of nitrogens with one attached hydrogen (secondary N) is 1. The lowest BCUT2D eigenvalue weighted by Gasteiger charge is -2.12. The highest BCUT2D eigenvalue weighted by Gasteiger charge is 2.32. The molecule has 1 atom stereocenters. The van der Waals surface area contributed by atoms with Crippen molar-refractivity contribution in [3.05, 3.63) is 83.9 Å². The number of ether oxygens (including phenoxy) is 1. The van der Waals surface area contributed by atoms with Gasteiger partial charge in [0.05, 0.1) is 28.1 Å². The van der Waals surface area contributed by atoms with Crippen LogP contribution in [0.3, 0.4) is 0 Å². The number of hydrogen-bond acceptors (Lipinski definition) is 6. The van der Waals surface area contributed by atoms with Gasteiger partial charge in [-0.1, -0.05) is 24.3 Å². The quantitative estimate of drug-likeness (QED) is 0.420. The maximum atomic E-state index is 12.9. The third-order valence-corrected chi connectivity index (χ3v) is 8.03. The molecule has 7 nitrogen and oxygen atoms in total. The molecule has 1 amide bonds. The Bertz CT molecular complexity index is 1360. The van der Waals surface area contributed by atoms with E-state index in [9.17, 15) is 13.2 Å². The fourth-order valence-electron chi connectivity index (χ4n) is 3.79. The molecule has 0 spiro atoms. The summed E-state index contributed by atoms with van der Waals surface area (Å²) in [6.07, 6.45) is 0.492. The number of anilines is 1. The van der Waals surface area contributed by atoms with Crippen molar-refractivity contribution in [3.8, 4) is 22.1 Å². The van der Waals surface area contributed by atoms with Gasteiger partial charge in [-0.15, -0.1) is 11.3 Å². The molecule has 0 radical (unpaired) electrons. The van der Waals surface area contributed by atoms with E-state index >= 15 is 0 Å². The Hall–Kier alpha value is -3.43. The Balaban J connectivity index is 1.35. The van der Waals surface area contributed by atoms with Gasteiger partial charge in [0, 0.05) is 5.69 Å². The van der Waals surface area contributed by atoms with Gasteiger partial charge >= 0.3 is 0 Å². The van der Waals surface area contributed by atoms with E-state index in [1.807, 2.05) is 47.8 Å². The summed E-state index contributed by atoms with van der Waals surface area (Å²) in [6.45, 7) is 0. The zero-order valence-electron chi connectivity index (χ0n) is 17.5. The number of carbonyl (C=O) groups is 1. The average molecular weight is 480 g/mol. The number of thiophene rings is 1. The lowest BCUT2D eigenvalue weighted by molar-refractivity contribution is 0.102. The van der Waals surface area contributed by atoms with Crippen LogP contribution in [0.1, 0.15) is 23.0 Å². The minimum atomic E-state index is -3.09. The molecule has 33 heavy (non-hydrogen) atoms. The molecule has 1 N–H and O–H groups in total. The first-order valence-electron chi connectivity index (χ1n) is 10.4. The molecule has 1 aliphatic rings. The predicted molar refractivity (Wildman–Crippen MR) is 129 cm³/mol. The molecule has 1 fully saturated rings. The number of aromatic nitrogens is 2. The smallest absolute Gasteiger partial charge is 0.276 e. The van der Waals surface area contributed by atoms with Crippen molar-refractivity contribution in [2.24, 2.45) is 0 Å². The highest BCUT2D eigenvalue weighted by Crippen LogP contribution is 2.32. The van der Waals surface area contributed by atoms with Crippen LogP contribution in [0, 0.1) is 0 Å². The van der Waals surface area contributed by atoms with E-state index in [0.717, 1.165) is 16.3 Å². The van der Waals surface area contributed by atoms with Gasteiger partial charge < -0.3 is 10.1 Å². The summed E-state index contributed by atoms with van der Waals surface area (Å²) in [5.74, 6) is 1.21. The van der Waals surface area contributed by atoms with Crippen LogP contribution in [0.15, 0.2) is 78.2 Å². The molecule has 1 aliphatic heterocycles. The largest absolute Gasteiger partial charge is 0.457 e. The van der Waals surface area contributed by atoms with Crippen LogP contribution in [0.25, 0.3) is 10.6 Å². The minimum Gasteiger partial charge on any atom is -0.457 e. The summed E-state index contributed by atoms with van der Waals surface area (Å²) < 4.78 is 31.5. The van der Waals surface area contributed by atoms with Crippen LogP contribution in [0.2, 0.25) is 0 Å². The van der Waals surface area contributed by atoms with Crippen molar-refractivity contribution in [2.75, 3.05) is 16.8 Å². The van der Waals surface area contributed by atoms with E-state index in [0.29, 0.717) is 17.9 Å². The maximum Gasteiger partial charge on any atom is 0.276 e. The van der Waals surface area contributed by atoms with E-state index in [1.54, 1.807) is 35.0 Å². The molecular formula is C24H21N3O4S2. The molecule has 2 aromatic carbocycles. The van der Waals surface area contributed by atoms with Crippen LogP contribution in [-0.4, -0.2) is 35.6 Å². The number of sulfone groups is 1. The standard InChI is InChI=1S/C24H21N3O4S2/c28-24(25-17-8-10-20(11-9-17)31-19-5-2-1-3-6-19)21-15-22(23-7-4-13-32-23)27(26-21)18-12-14-33(29,30)16-18/h1-11,13,15,18H,12,14,16H2,(H,25,28)/t18-/m1/s1. The molecule has 4 aromatic rings. The highest BCUT2D eigenvalue weighted by molar-refractivity contribution is 7.91. The summed E-state index contributed by atoms with van der Waals surface area (Å²) in [5, 5.41) is 9.30. The molecule has 168 valence electrons. The second-order valence-corrected chi connectivity index (χ2v) is 11.0. The van der Waals surface area contributed by atoms with E-state index in [2.05, 4.69) is 10.4 Å². The number of hydrogen-bond donors (Lipinski definition) is 1. The van der Waals surface area contributed by atoms with Gasteiger partial charge in [-0.3, -0.25) is 9.48 Å². The monoisotopic (exact) mass is 479 g/mol. The lowest BCUT2D eigenvalue weighted by atomic mass is 10.2. The summed E-state index contributed by atoms with van der Waals surface area (Å²) in [5.41, 5.74) is 1.60. The summed E-state index contributed by atoms with van der Waals surface area (Å²) in [4.78, 5) is 13.9. The fraction of sp³-hybridized carbons (Fsp3) is 0.167. The Morgan fingerprint density at radius 3 is 2.45 bits per heavy atom. The van der Waals surface area contributed by atoms with Crippen molar-refractivity contribution in [1.82, 2.24) is 9.78 Å². The van der Waals surface area contributed by atoms with Crippen LogP contribution in [-0.2, 0) is 9.84 Å². The van der Waals surface area contributed by atoms with Gasteiger partial charge in [0.15, 0.2) is 15.5 Å². The molecule has 1 saturated heterocycles. The third-order valence-electron chi connectivity index (χ3n) is 5.39. The molecule has 5 rings (SSSR count). The van der Waals surface area contributed by atoms with Crippen LogP contribution < -0.4 is 10.1 Å². The van der Waals surface area contributed by atoms with Crippen LogP contribution >= 0.6 is 11.3 Å². The molecule has 0 aliphatic carbocycles. The Morgan fingerprint density at radius 2 is 1.79 bits per heavy atom. The SMILES string of the molecule is O=C(Nc1ccc(Oc2ccccc2)cc1)c1cc(-c2cccs2)n([C@@H]2CCS(=O)(=O)C2)n1. The maximum absolute atomic E-state index is 12.9.